The zero-order valence-electron chi connectivity index (χ0n) is 16.1. The molecule has 0 saturated carbocycles. The summed E-state index contributed by atoms with van der Waals surface area (Å²) in [6.07, 6.45) is 0. The van der Waals surface area contributed by atoms with Gasteiger partial charge < -0.3 is 15.1 Å². The minimum atomic E-state index is -0.164. The molecule has 4 aromatic rings. The number of aromatic nitrogens is 2. The van der Waals surface area contributed by atoms with Crippen LogP contribution in [0.2, 0.25) is 0 Å². The van der Waals surface area contributed by atoms with Crippen LogP contribution in [0.4, 0.5) is 11.4 Å². The van der Waals surface area contributed by atoms with Crippen LogP contribution in [0.15, 0.2) is 76.4 Å². The zero-order chi connectivity index (χ0) is 20.9. The first kappa shape index (κ1) is 19.7. The topological polar surface area (TPSA) is 97.1 Å². The van der Waals surface area contributed by atoms with E-state index in [0.29, 0.717) is 22.4 Å². The first-order valence-electron chi connectivity index (χ1n) is 9.20. The molecule has 2 N–H and O–H groups in total. The molecule has 0 bridgehead atoms. The first-order valence-corrected chi connectivity index (χ1v) is 10.2. The Balaban J connectivity index is 1.37. The molecule has 4 rings (SSSR count). The van der Waals surface area contributed by atoms with Crippen molar-refractivity contribution in [1.82, 2.24) is 10.2 Å². The molecule has 1 heterocycles. The first-order chi connectivity index (χ1) is 14.6. The highest BCUT2D eigenvalue weighted by molar-refractivity contribution is 7.99. The van der Waals surface area contributed by atoms with Crippen molar-refractivity contribution in [2.45, 2.75) is 12.1 Å². The molecule has 0 saturated heterocycles. The van der Waals surface area contributed by atoms with Crippen molar-refractivity contribution in [1.29, 1.82) is 0 Å². The lowest BCUT2D eigenvalue weighted by Gasteiger charge is -2.05. The standard InChI is InChI=1S/C22H18N4O3S/c1-14(27)23-18-8-4-7-17(12-18)21-25-26-22(29-21)30-13-20(28)24-19-10-9-15-5-2-3-6-16(15)11-19/h2-12H,13H2,1H3,(H,23,27)(H,24,28). The number of hydrogen-bond acceptors (Lipinski definition) is 6. The monoisotopic (exact) mass is 418 g/mol. The minimum absolute atomic E-state index is 0.139. The molecule has 0 aliphatic heterocycles. The number of carbonyl (C=O) groups is 2. The van der Waals surface area contributed by atoms with Crippen LogP contribution in [-0.2, 0) is 9.59 Å². The van der Waals surface area contributed by atoms with E-state index in [-0.39, 0.29) is 17.6 Å². The maximum atomic E-state index is 12.3. The third-order valence-corrected chi connectivity index (χ3v) is 5.01. The van der Waals surface area contributed by atoms with Crippen molar-refractivity contribution in [3.63, 3.8) is 0 Å². The smallest absolute Gasteiger partial charge is 0.277 e. The van der Waals surface area contributed by atoms with E-state index in [4.69, 9.17) is 4.42 Å². The van der Waals surface area contributed by atoms with Gasteiger partial charge in [-0.25, -0.2) is 0 Å². The molecule has 150 valence electrons. The van der Waals surface area contributed by atoms with Gasteiger partial charge in [0.15, 0.2) is 0 Å². The van der Waals surface area contributed by atoms with Crippen molar-refractivity contribution in [2.24, 2.45) is 0 Å². The lowest BCUT2D eigenvalue weighted by molar-refractivity contribution is -0.114. The van der Waals surface area contributed by atoms with Crippen molar-refractivity contribution < 1.29 is 14.0 Å². The van der Waals surface area contributed by atoms with Crippen molar-refractivity contribution in [2.75, 3.05) is 16.4 Å². The largest absolute Gasteiger partial charge is 0.411 e. The number of carbonyl (C=O) groups excluding carboxylic acids is 2. The van der Waals surface area contributed by atoms with Crippen molar-refractivity contribution in [3.8, 4) is 11.5 Å². The molecule has 8 heteroatoms. The van der Waals surface area contributed by atoms with E-state index in [0.717, 1.165) is 28.2 Å². The van der Waals surface area contributed by atoms with E-state index < -0.39 is 0 Å². The van der Waals surface area contributed by atoms with Gasteiger partial charge in [0.25, 0.3) is 5.22 Å². The number of anilines is 2. The molecule has 30 heavy (non-hydrogen) atoms. The predicted octanol–water partition coefficient (Wildman–Crippen LogP) is 4.58. The fraction of sp³-hybridized carbons (Fsp3) is 0.0909. The molecule has 0 atom stereocenters. The summed E-state index contributed by atoms with van der Waals surface area (Å²) < 4.78 is 5.64. The summed E-state index contributed by atoms with van der Waals surface area (Å²) in [6.45, 7) is 1.44. The quantitative estimate of drug-likeness (QED) is 0.445. The Kier molecular flexibility index (Phi) is 5.76. The predicted molar refractivity (Wildman–Crippen MR) is 117 cm³/mol. The molecule has 0 aliphatic carbocycles. The van der Waals surface area contributed by atoms with E-state index in [1.54, 1.807) is 24.3 Å². The third kappa shape index (κ3) is 4.84. The minimum Gasteiger partial charge on any atom is -0.411 e. The van der Waals surface area contributed by atoms with Crippen LogP contribution in [0.3, 0.4) is 0 Å². The number of benzene rings is 3. The van der Waals surface area contributed by atoms with Gasteiger partial charge in [0.1, 0.15) is 0 Å². The van der Waals surface area contributed by atoms with Gasteiger partial charge in [-0.1, -0.05) is 48.2 Å². The summed E-state index contributed by atoms with van der Waals surface area (Å²) in [4.78, 5) is 23.5. The van der Waals surface area contributed by atoms with Gasteiger partial charge in [-0.05, 0) is 41.1 Å². The average Bonchev–Trinajstić information content (AvgIpc) is 3.21. The summed E-state index contributed by atoms with van der Waals surface area (Å²) in [5.41, 5.74) is 2.06. The van der Waals surface area contributed by atoms with Crippen LogP contribution in [0.25, 0.3) is 22.2 Å². The second-order valence-electron chi connectivity index (χ2n) is 6.53. The van der Waals surface area contributed by atoms with Gasteiger partial charge in [0.2, 0.25) is 17.7 Å². The summed E-state index contributed by atoms with van der Waals surface area (Å²) >= 11 is 1.16. The summed E-state index contributed by atoms with van der Waals surface area (Å²) in [5, 5.41) is 16.1. The van der Waals surface area contributed by atoms with Gasteiger partial charge in [-0.2, -0.15) is 0 Å². The van der Waals surface area contributed by atoms with Crippen LogP contribution in [0.5, 0.6) is 0 Å². The number of fused-ring (bicyclic) bond motifs is 1. The molecule has 3 aromatic carbocycles. The van der Waals surface area contributed by atoms with Crippen LogP contribution in [-0.4, -0.2) is 27.8 Å². The van der Waals surface area contributed by atoms with E-state index in [1.165, 1.54) is 6.92 Å². The SMILES string of the molecule is CC(=O)Nc1cccc(-c2nnc(SCC(=O)Nc3ccc4ccccc4c3)o2)c1. The second-order valence-corrected chi connectivity index (χ2v) is 7.46. The zero-order valence-corrected chi connectivity index (χ0v) is 16.9. The van der Waals surface area contributed by atoms with Crippen molar-refractivity contribution in [3.05, 3.63) is 66.7 Å². The Morgan fingerprint density at radius 1 is 0.900 bits per heavy atom. The maximum absolute atomic E-state index is 12.3. The molecular weight excluding hydrogens is 400 g/mol. The summed E-state index contributed by atoms with van der Waals surface area (Å²) in [5.74, 6) is 0.133. The van der Waals surface area contributed by atoms with E-state index >= 15 is 0 Å². The normalized spacial score (nSPS) is 10.7. The number of rotatable bonds is 6. The van der Waals surface area contributed by atoms with Gasteiger partial charge in [-0.15, -0.1) is 10.2 Å². The van der Waals surface area contributed by atoms with E-state index in [1.807, 2.05) is 42.5 Å². The fourth-order valence-corrected chi connectivity index (χ4v) is 3.47. The number of nitrogens with one attached hydrogen (secondary N) is 2. The Hall–Kier alpha value is -3.65. The molecule has 0 radical (unpaired) electrons. The Morgan fingerprint density at radius 3 is 2.53 bits per heavy atom. The molecule has 0 aliphatic rings. The fourth-order valence-electron chi connectivity index (χ4n) is 2.91. The average molecular weight is 418 g/mol. The molecule has 0 fully saturated rings. The highest BCUT2D eigenvalue weighted by Crippen LogP contribution is 2.25. The Labute approximate surface area is 176 Å². The van der Waals surface area contributed by atoms with E-state index in [2.05, 4.69) is 20.8 Å². The van der Waals surface area contributed by atoms with E-state index in [9.17, 15) is 9.59 Å². The molecule has 2 amide bonds. The molecular formula is C22H18N4O3S. The number of hydrogen-bond donors (Lipinski definition) is 2. The van der Waals surface area contributed by atoms with Gasteiger partial charge in [0.05, 0.1) is 5.75 Å². The lowest BCUT2D eigenvalue weighted by atomic mass is 10.1. The lowest BCUT2D eigenvalue weighted by Crippen LogP contribution is -2.13. The Morgan fingerprint density at radius 2 is 1.70 bits per heavy atom. The van der Waals surface area contributed by atoms with Crippen LogP contribution in [0, 0.1) is 0 Å². The van der Waals surface area contributed by atoms with Crippen LogP contribution >= 0.6 is 11.8 Å². The summed E-state index contributed by atoms with van der Waals surface area (Å²) in [7, 11) is 0. The molecule has 7 nitrogen and oxygen atoms in total. The van der Waals surface area contributed by atoms with Crippen LogP contribution < -0.4 is 10.6 Å². The van der Waals surface area contributed by atoms with Crippen LogP contribution in [0.1, 0.15) is 6.92 Å². The maximum Gasteiger partial charge on any atom is 0.277 e. The van der Waals surface area contributed by atoms with Gasteiger partial charge in [0, 0.05) is 23.9 Å². The highest BCUT2D eigenvalue weighted by atomic mass is 32.2. The molecule has 0 spiro atoms. The molecule has 0 unspecified atom stereocenters. The number of nitrogens with zero attached hydrogens (tertiary/aromatic N) is 2. The van der Waals surface area contributed by atoms with Gasteiger partial charge in [-0.3, -0.25) is 9.59 Å². The molecule has 1 aromatic heterocycles. The van der Waals surface area contributed by atoms with Gasteiger partial charge >= 0.3 is 0 Å². The number of amides is 2. The van der Waals surface area contributed by atoms with Crippen molar-refractivity contribution >= 4 is 45.7 Å². The second kappa shape index (κ2) is 8.79. The summed E-state index contributed by atoms with van der Waals surface area (Å²) in [6, 6.07) is 20.9. The Bertz CT molecular complexity index is 1220. The number of thioether (sulfide) groups is 1. The highest BCUT2D eigenvalue weighted by Gasteiger charge is 2.12. The third-order valence-electron chi connectivity index (χ3n) is 4.20.